The third-order valence-electron chi connectivity index (χ3n) is 4.04. The van der Waals surface area contributed by atoms with E-state index in [-0.39, 0.29) is 5.47 Å². The molecule has 1 aliphatic heterocycles. The molecule has 0 bridgehead atoms. The van der Waals surface area contributed by atoms with Crippen molar-refractivity contribution in [2.24, 2.45) is 0 Å². The molecule has 1 aromatic carbocycles. The van der Waals surface area contributed by atoms with Crippen LogP contribution in [0.5, 0.6) is 0 Å². The van der Waals surface area contributed by atoms with Gasteiger partial charge in [-0.1, -0.05) is 35.8 Å². The van der Waals surface area contributed by atoms with E-state index in [0.29, 0.717) is 0 Å². The van der Waals surface area contributed by atoms with Crippen LogP contribution in [-0.4, -0.2) is 60.2 Å². The van der Waals surface area contributed by atoms with Gasteiger partial charge in [0.15, 0.2) is 0 Å². The van der Waals surface area contributed by atoms with E-state index in [0.717, 1.165) is 12.7 Å². The van der Waals surface area contributed by atoms with Gasteiger partial charge in [-0.25, -0.2) is 0 Å². The van der Waals surface area contributed by atoms with Crippen molar-refractivity contribution in [3.05, 3.63) is 46.6 Å². The predicted octanol–water partition coefficient (Wildman–Crippen LogP) is 1.49. The van der Waals surface area contributed by atoms with Crippen LogP contribution in [0.2, 0.25) is 0 Å². The molecule has 0 spiro atoms. The topological polar surface area (TPSA) is 74.2 Å². The van der Waals surface area contributed by atoms with Gasteiger partial charge in [-0.05, 0) is 10.8 Å². The highest BCUT2D eigenvalue weighted by atomic mass is 31.2. The van der Waals surface area contributed by atoms with E-state index in [4.69, 9.17) is 29.9 Å². The number of hydrogen-bond acceptors (Lipinski definition) is 5. The van der Waals surface area contributed by atoms with E-state index < -0.39 is 37.2 Å². The SMILES string of the molecule is [B]/C(=C(/[B])P(=O)(O)OC)[C@H]1O[C@@H](c2ccccc2)[C@H](OC)[C@@H]1OC. The predicted molar refractivity (Wildman–Crippen MR) is 91.0 cm³/mol. The molecule has 9 heteroatoms. The molecule has 24 heavy (non-hydrogen) atoms. The van der Waals surface area contributed by atoms with E-state index >= 15 is 0 Å². The summed E-state index contributed by atoms with van der Waals surface area (Å²) in [6, 6.07) is 9.42. The third kappa shape index (κ3) is 3.69. The van der Waals surface area contributed by atoms with Crippen molar-refractivity contribution in [2.45, 2.75) is 24.4 Å². The number of benzene rings is 1. The van der Waals surface area contributed by atoms with Gasteiger partial charge in [0, 0.05) is 21.3 Å². The lowest BCUT2D eigenvalue weighted by molar-refractivity contribution is -0.0265. The fraction of sp³-hybridized carbons (Fsp3) is 0.467. The summed E-state index contributed by atoms with van der Waals surface area (Å²) in [5, 5.41) is -0.458. The largest absolute Gasteiger partial charge is 0.376 e. The summed E-state index contributed by atoms with van der Waals surface area (Å²) in [5.74, 6) is 0. The maximum Gasteiger partial charge on any atom is 0.343 e. The van der Waals surface area contributed by atoms with Gasteiger partial charge in [0.05, 0.1) is 6.10 Å². The number of ether oxygens (including phenoxy) is 3. The number of methoxy groups -OCH3 is 2. The molecule has 0 aliphatic carbocycles. The van der Waals surface area contributed by atoms with E-state index in [1.807, 2.05) is 30.3 Å². The second-order valence-electron chi connectivity index (χ2n) is 5.33. The molecule has 126 valence electrons. The van der Waals surface area contributed by atoms with Crippen molar-refractivity contribution >= 4 is 23.3 Å². The highest BCUT2D eigenvalue weighted by molar-refractivity contribution is 7.60. The van der Waals surface area contributed by atoms with Crippen molar-refractivity contribution in [3.8, 4) is 0 Å². The van der Waals surface area contributed by atoms with E-state index in [1.54, 1.807) is 0 Å². The molecule has 1 saturated heterocycles. The third-order valence-corrected chi connectivity index (χ3v) is 5.40. The summed E-state index contributed by atoms with van der Waals surface area (Å²) in [4.78, 5) is 9.73. The molecule has 1 unspecified atom stereocenters. The Morgan fingerprint density at radius 2 is 1.71 bits per heavy atom. The number of rotatable bonds is 6. The summed E-state index contributed by atoms with van der Waals surface area (Å²) in [6.45, 7) is 0. The summed E-state index contributed by atoms with van der Waals surface area (Å²) in [7, 11) is 11.6. The molecular weight excluding hydrogens is 329 g/mol. The van der Waals surface area contributed by atoms with Gasteiger partial charge in [-0.2, -0.15) is 0 Å². The molecule has 1 heterocycles. The Morgan fingerprint density at radius 1 is 1.12 bits per heavy atom. The standard InChI is InChI=1S/C15H19B2O6P/c1-20-13-11(9-7-5-4-6-8-9)23-12(14(13)21-2)10(16)15(17)24(18,19)22-3/h4-8,11-14H,1-3H3,(H,18,19)/b15-10-/t11-,12+,13-,14+/m0/s1. The van der Waals surface area contributed by atoms with Crippen molar-refractivity contribution in [1.29, 1.82) is 0 Å². The van der Waals surface area contributed by atoms with E-state index in [1.165, 1.54) is 14.2 Å². The molecule has 6 nitrogen and oxygen atoms in total. The van der Waals surface area contributed by atoms with Gasteiger partial charge in [-0.3, -0.25) is 4.57 Å². The Balaban J connectivity index is 2.41. The fourth-order valence-electron chi connectivity index (χ4n) is 2.74. The Kier molecular flexibility index (Phi) is 6.48. The van der Waals surface area contributed by atoms with Crippen LogP contribution in [0.4, 0.5) is 0 Å². The first-order valence-corrected chi connectivity index (χ1v) is 8.85. The first-order valence-electron chi connectivity index (χ1n) is 7.27. The lowest BCUT2D eigenvalue weighted by atomic mass is 9.82. The molecule has 0 aromatic heterocycles. The van der Waals surface area contributed by atoms with Crippen LogP contribution in [0.15, 0.2) is 41.0 Å². The van der Waals surface area contributed by atoms with Crippen molar-refractivity contribution in [3.63, 3.8) is 0 Å². The van der Waals surface area contributed by atoms with Crippen LogP contribution in [-0.2, 0) is 23.3 Å². The first kappa shape index (κ1) is 19.4. The minimum atomic E-state index is -4.17. The van der Waals surface area contributed by atoms with Crippen molar-refractivity contribution < 1.29 is 28.2 Å². The second kappa shape index (κ2) is 8.00. The molecule has 5 atom stereocenters. The maximum atomic E-state index is 11.9. The minimum Gasteiger partial charge on any atom is -0.376 e. The van der Waals surface area contributed by atoms with Crippen LogP contribution in [0.25, 0.3) is 0 Å². The smallest absolute Gasteiger partial charge is 0.343 e. The average molecular weight is 348 g/mol. The summed E-state index contributed by atoms with van der Waals surface area (Å²) < 4.78 is 33.4. The summed E-state index contributed by atoms with van der Waals surface area (Å²) in [6.07, 6.45) is -2.37. The van der Waals surface area contributed by atoms with E-state index in [2.05, 4.69) is 4.52 Å². The molecule has 1 fully saturated rings. The highest BCUT2D eigenvalue weighted by Crippen LogP contribution is 2.51. The van der Waals surface area contributed by atoms with Crippen LogP contribution < -0.4 is 0 Å². The van der Waals surface area contributed by atoms with Gasteiger partial charge in [0.1, 0.15) is 34.0 Å². The van der Waals surface area contributed by atoms with Gasteiger partial charge in [0.2, 0.25) is 0 Å². The van der Waals surface area contributed by atoms with Gasteiger partial charge in [-0.15, -0.1) is 0 Å². The Hall–Kier alpha value is -0.880. The quantitative estimate of drug-likeness (QED) is 0.621. The molecule has 1 N–H and O–H groups in total. The molecule has 0 amide bonds. The zero-order valence-corrected chi connectivity index (χ0v) is 14.7. The molecule has 0 saturated carbocycles. The van der Waals surface area contributed by atoms with Crippen LogP contribution in [0.1, 0.15) is 11.7 Å². The molecule has 4 radical (unpaired) electrons. The summed E-state index contributed by atoms with van der Waals surface area (Å²) in [5.41, 5.74) is 0.772. The Bertz CT molecular complexity index is 638. The van der Waals surface area contributed by atoms with Gasteiger partial charge in [0.25, 0.3) is 0 Å². The Morgan fingerprint density at radius 3 is 2.21 bits per heavy atom. The first-order chi connectivity index (χ1) is 11.4. The van der Waals surface area contributed by atoms with Gasteiger partial charge < -0.3 is 23.6 Å². The normalized spacial score (nSPS) is 30.7. The zero-order chi connectivity index (χ0) is 17.9. The second-order valence-corrected chi connectivity index (χ2v) is 7.22. The number of hydrogen-bond donors (Lipinski definition) is 1. The van der Waals surface area contributed by atoms with Crippen molar-refractivity contribution in [2.75, 3.05) is 21.3 Å². The molecule has 1 aliphatic rings. The average Bonchev–Trinajstić information content (AvgIpc) is 2.99. The van der Waals surface area contributed by atoms with Crippen molar-refractivity contribution in [1.82, 2.24) is 0 Å². The lowest BCUT2D eigenvalue weighted by Crippen LogP contribution is -2.35. The molecular formula is C15H19B2O6P. The molecule has 2 rings (SSSR count). The van der Waals surface area contributed by atoms with Gasteiger partial charge >= 0.3 is 7.60 Å². The van der Waals surface area contributed by atoms with E-state index in [9.17, 15) is 9.46 Å². The monoisotopic (exact) mass is 348 g/mol. The lowest BCUT2D eigenvalue weighted by Gasteiger charge is -2.24. The van der Waals surface area contributed by atoms with Crippen LogP contribution >= 0.6 is 7.60 Å². The zero-order valence-electron chi connectivity index (χ0n) is 13.8. The minimum absolute atomic E-state index is 0.102. The highest BCUT2D eigenvalue weighted by Gasteiger charge is 2.47. The summed E-state index contributed by atoms with van der Waals surface area (Å²) >= 11 is 0. The molecule has 1 aromatic rings. The maximum absolute atomic E-state index is 11.9. The Labute approximate surface area is 144 Å². The van der Waals surface area contributed by atoms with Crippen LogP contribution in [0.3, 0.4) is 0 Å². The fourth-order valence-corrected chi connectivity index (χ4v) is 3.39. The van der Waals surface area contributed by atoms with Crippen LogP contribution in [0, 0.1) is 0 Å².